The highest BCUT2D eigenvalue weighted by molar-refractivity contribution is 8.27. The summed E-state index contributed by atoms with van der Waals surface area (Å²) in [6.07, 6.45) is 0. The molecular weight excluding hydrogens is 277 g/mol. The Kier molecular flexibility index (Phi) is 5.34. The molecule has 8 heteroatoms. The van der Waals surface area contributed by atoms with Crippen molar-refractivity contribution in [1.82, 2.24) is 0 Å². The van der Waals surface area contributed by atoms with Gasteiger partial charge in [-0.1, -0.05) is 13.8 Å². The van der Waals surface area contributed by atoms with Crippen LogP contribution in [0.2, 0.25) is 0 Å². The lowest BCUT2D eigenvalue weighted by molar-refractivity contribution is -0.384. The fraction of sp³-hybridized carbons (Fsp3) is 0.400. The van der Waals surface area contributed by atoms with Gasteiger partial charge < -0.3 is 14.3 Å². The van der Waals surface area contributed by atoms with Gasteiger partial charge in [-0.05, 0) is 23.6 Å². The van der Waals surface area contributed by atoms with E-state index < -0.39 is 21.7 Å². The number of nitro groups is 1. The first-order chi connectivity index (χ1) is 8.40. The second-order valence-corrected chi connectivity index (χ2v) is 9.59. The van der Waals surface area contributed by atoms with Gasteiger partial charge in [-0.25, -0.2) is 0 Å². The summed E-state index contributed by atoms with van der Waals surface area (Å²) in [5.74, 6) is 1.49. The molecule has 2 N–H and O–H groups in total. The number of nitrogens with zero attached hydrogens (tertiary/aromatic N) is 1. The molecule has 0 saturated carbocycles. The molecule has 1 aromatic carbocycles. The summed E-state index contributed by atoms with van der Waals surface area (Å²) in [4.78, 5) is 29.8. The Hall–Kier alpha value is -0.880. The van der Waals surface area contributed by atoms with Crippen LogP contribution in [0.4, 0.5) is 5.69 Å². The molecule has 0 aliphatic rings. The lowest BCUT2D eigenvalue weighted by atomic mass is 10.3. The molecule has 0 aromatic heterocycles. The summed E-state index contributed by atoms with van der Waals surface area (Å²) in [5.41, 5.74) is -0.0628. The Morgan fingerprint density at radius 3 is 2.17 bits per heavy atom. The van der Waals surface area contributed by atoms with E-state index in [0.717, 1.165) is 0 Å². The molecule has 0 fully saturated rings. The number of rotatable bonds is 5. The van der Waals surface area contributed by atoms with Gasteiger partial charge in [-0.2, -0.15) is 0 Å². The highest BCUT2D eigenvalue weighted by Gasteiger charge is 2.17. The minimum absolute atomic E-state index is 0.0628. The van der Waals surface area contributed by atoms with Crippen molar-refractivity contribution in [3.05, 3.63) is 34.4 Å². The molecule has 0 atom stereocenters. The Morgan fingerprint density at radius 1 is 1.28 bits per heavy atom. The maximum Gasteiger partial charge on any atom is 0.332 e. The fourth-order valence-corrected chi connectivity index (χ4v) is 5.53. The smallest absolute Gasteiger partial charge is 0.332 e. The SMILES string of the molecule is CCS(CC)=P(O)(O)Oc1ccc([N+](=O)[O-])cc1. The first-order valence-electron chi connectivity index (χ1n) is 5.37. The highest BCUT2D eigenvalue weighted by atomic mass is 32.5. The molecule has 0 aliphatic carbocycles. The molecule has 0 unspecified atom stereocenters. The van der Waals surface area contributed by atoms with E-state index in [9.17, 15) is 19.9 Å². The zero-order valence-electron chi connectivity index (χ0n) is 10.1. The summed E-state index contributed by atoms with van der Waals surface area (Å²) in [7, 11) is -0.597. The molecule has 102 valence electrons. The second kappa shape index (κ2) is 6.33. The second-order valence-electron chi connectivity index (χ2n) is 3.37. The van der Waals surface area contributed by atoms with Gasteiger partial charge in [0.05, 0.1) is 4.92 Å². The largest absolute Gasteiger partial charge is 0.428 e. The third-order valence-electron chi connectivity index (χ3n) is 2.27. The van der Waals surface area contributed by atoms with E-state index in [1.807, 2.05) is 13.8 Å². The van der Waals surface area contributed by atoms with Crippen molar-refractivity contribution < 1.29 is 19.2 Å². The van der Waals surface area contributed by atoms with Gasteiger partial charge in [0.2, 0.25) is 0 Å². The fourth-order valence-electron chi connectivity index (χ4n) is 1.36. The van der Waals surface area contributed by atoms with E-state index >= 15 is 0 Å². The molecule has 1 rings (SSSR count). The van der Waals surface area contributed by atoms with Crippen LogP contribution in [-0.2, 0) is 10.1 Å². The summed E-state index contributed by atoms with van der Waals surface area (Å²) in [6, 6.07) is 5.27. The van der Waals surface area contributed by atoms with Crippen LogP contribution in [0.3, 0.4) is 0 Å². The topological polar surface area (TPSA) is 92.8 Å². The minimum Gasteiger partial charge on any atom is -0.428 e. The van der Waals surface area contributed by atoms with Crippen molar-refractivity contribution >= 4 is 22.5 Å². The molecule has 0 aliphatic heterocycles. The van der Waals surface area contributed by atoms with E-state index in [4.69, 9.17) is 4.52 Å². The monoisotopic (exact) mass is 293 g/mol. The molecule has 0 spiro atoms. The number of non-ortho nitro benzene ring substituents is 1. The highest BCUT2D eigenvalue weighted by Crippen LogP contribution is 2.44. The third kappa shape index (κ3) is 3.81. The van der Waals surface area contributed by atoms with Crippen LogP contribution in [0.15, 0.2) is 24.3 Å². The van der Waals surface area contributed by atoms with Crippen LogP contribution in [0.1, 0.15) is 13.8 Å². The van der Waals surface area contributed by atoms with Gasteiger partial charge in [-0.3, -0.25) is 10.1 Å². The summed E-state index contributed by atoms with van der Waals surface area (Å²) < 4.78 is 5.19. The van der Waals surface area contributed by atoms with Crippen LogP contribution < -0.4 is 4.52 Å². The molecule has 6 nitrogen and oxygen atoms in total. The van der Waals surface area contributed by atoms with Crippen molar-refractivity contribution in [1.29, 1.82) is 0 Å². The predicted octanol–water partition coefficient (Wildman–Crippen LogP) is 2.29. The van der Waals surface area contributed by atoms with Crippen LogP contribution in [0.25, 0.3) is 0 Å². The Labute approximate surface area is 108 Å². The Morgan fingerprint density at radius 2 is 1.78 bits per heavy atom. The molecule has 0 bridgehead atoms. The van der Waals surface area contributed by atoms with E-state index in [1.54, 1.807) is 0 Å². The first kappa shape index (κ1) is 15.2. The molecule has 0 heterocycles. The predicted molar refractivity (Wildman–Crippen MR) is 73.5 cm³/mol. The van der Waals surface area contributed by atoms with Gasteiger partial charge in [-0.15, -0.1) is 10.1 Å². The maximum absolute atomic E-state index is 10.5. The molecule has 0 saturated heterocycles. The first-order valence-corrected chi connectivity index (χ1v) is 9.15. The maximum atomic E-state index is 10.5. The average Bonchev–Trinajstić information content (AvgIpc) is 2.30. The van der Waals surface area contributed by atoms with E-state index in [0.29, 0.717) is 11.5 Å². The molecule has 1 aromatic rings. The zero-order chi connectivity index (χ0) is 13.8. The van der Waals surface area contributed by atoms with Crippen molar-refractivity contribution in [3.63, 3.8) is 0 Å². The van der Waals surface area contributed by atoms with Crippen molar-refractivity contribution in [2.45, 2.75) is 13.8 Å². The molecular formula is C10H16NO5PS. The van der Waals surface area contributed by atoms with Crippen LogP contribution in [-0.4, -0.2) is 26.2 Å². The van der Waals surface area contributed by atoms with Gasteiger partial charge in [0.1, 0.15) is 5.75 Å². The van der Waals surface area contributed by atoms with Gasteiger partial charge in [0, 0.05) is 12.1 Å². The Bertz CT molecular complexity index is 476. The van der Waals surface area contributed by atoms with E-state index in [-0.39, 0.29) is 11.4 Å². The number of hydrogen-bond acceptors (Lipinski definition) is 3. The van der Waals surface area contributed by atoms with Crippen LogP contribution >= 0.6 is 6.72 Å². The van der Waals surface area contributed by atoms with Gasteiger partial charge >= 0.3 is 6.72 Å². The number of nitro benzene ring substituents is 1. The molecule has 18 heavy (non-hydrogen) atoms. The van der Waals surface area contributed by atoms with E-state index in [1.165, 1.54) is 24.3 Å². The lowest BCUT2D eigenvalue weighted by Crippen LogP contribution is -2.04. The zero-order valence-corrected chi connectivity index (χ0v) is 11.9. The molecule has 0 radical (unpaired) electrons. The average molecular weight is 293 g/mol. The van der Waals surface area contributed by atoms with Crippen molar-refractivity contribution in [3.8, 4) is 5.75 Å². The van der Waals surface area contributed by atoms with Crippen molar-refractivity contribution in [2.75, 3.05) is 11.5 Å². The number of hydrogen-bond donors (Lipinski definition) is 2. The van der Waals surface area contributed by atoms with Crippen molar-refractivity contribution in [2.24, 2.45) is 0 Å². The minimum atomic E-state index is -3.46. The third-order valence-corrected chi connectivity index (χ3v) is 8.52. The summed E-state index contributed by atoms with van der Waals surface area (Å²) in [6.45, 7) is 0.281. The quantitative estimate of drug-likeness (QED) is 0.493. The van der Waals surface area contributed by atoms with Gasteiger partial charge in [0.15, 0.2) is 0 Å². The summed E-state index contributed by atoms with van der Waals surface area (Å²) >= 11 is 0. The van der Waals surface area contributed by atoms with E-state index in [2.05, 4.69) is 0 Å². The van der Waals surface area contributed by atoms with Crippen LogP contribution in [0.5, 0.6) is 5.75 Å². The molecule has 0 amide bonds. The normalized spacial score (nSPS) is 11.6. The lowest BCUT2D eigenvalue weighted by Gasteiger charge is -2.19. The number of benzene rings is 1. The standard InChI is InChI=1S/C10H16NO5PS/c1-3-18(4-2)17(14,15)16-10-7-5-9(6-8-10)11(12)13/h5-8,14-15H,3-4H2,1-2H3. The summed E-state index contributed by atoms with van der Waals surface area (Å²) in [5, 5.41) is 10.5. The Balaban J connectivity index is 2.97. The van der Waals surface area contributed by atoms with Crippen LogP contribution in [0, 0.1) is 10.1 Å². The van der Waals surface area contributed by atoms with Gasteiger partial charge in [0.25, 0.3) is 5.69 Å².